The highest BCUT2D eigenvalue weighted by Crippen LogP contribution is 2.33. The molecule has 7 nitrogen and oxygen atoms in total. The van der Waals surface area contributed by atoms with Crippen molar-refractivity contribution in [2.75, 3.05) is 39.3 Å². The number of methoxy groups -OCH3 is 2. The van der Waals surface area contributed by atoms with Gasteiger partial charge in [-0.3, -0.25) is 0 Å². The Morgan fingerprint density at radius 1 is 1.27 bits per heavy atom. The van der Waals surface area contributed by atoms with E-state index in [1.54, 1.807) is 21.3 Å². The van der Waals surface area contributed by atoms with Crippen molar-refractivity contribution in [1.82, 2.24) is 10.2 Å². The Morgan fingerprint density at radius 3 is 2.46 bits per heavy atom. The average Bonchev–Trinajstić information content (AvgIpc) is 2.98. The second kappa shape index (κ2) is 7.73. The number of nitrogens with zero attached hydrogens (tertiary/aromatic N) is 1. The van der Waals surface area contributed by atoms with Crippen LogP contribution in [0.2, 0.25) is 0 Å². The van der Waals surface area contributed by atoms with Crippen LogP contribution in [-0.2, 0) is 15.3 Å². The molecule has 146 valence electrons. The highest BCUT2D eigenvalue weighted by atomic mass is 32.2. The molecule has 0 radical (unpaired) electrons. The van der Waals surface area contributed by atoms with Gasteiger partial charge in [0, 0.05) is 25.0 Å². The van der Waals surface area contributed by atoms with Gasteiger partial charge >= 0.3 is 6.03 Å². The van der Waals surface area contributed by atoms with E-state index in [2.05, 4.69) is 5.32 Å². The van der Waals surface area contributed by atoms with E-state index in [1.165, 1.54) is 4.90 Å². The van der Waals surface area contributed by atoms with Gasteiger partial charge in [0.15, 0.2) is 21.3 Å². The molecule has 0 spiro atoms. The molecule has 1 aromatic rings. The quantitative estimate of drug-likeness (QED) is 0.809. The Morgan fingerprint density at radius 2 is 1.92 bits per heavy atom. The lowest BCUT2D eigenvalue weighted by atomic mass is 9.84. The summed E-state index contributed by atoms with van der Waals surface area (Å²) in [6.45, 7) is 4.45. The zero-order valence-electron chi connectivity index (χ0n) is 16.0. The summed E-state index contributed by atoms with van der Waals surface area (Å²) >= 11 is 0. The fourth-order valence-electron chi connectivity index (χ4n) is 3.03. The molecule has 1 aliphatic rings. The van der Waals surface area contributed by atoms with Gasteiger partial charge in [-0.2, -0.15) is 0 Å². The monoisotopic (exact) mass is 384 g/mol. The van der Waals surface area contributed by atoms with Crippen LogP contribution < -0.4 is 14.8 Å². The van der Waals surface area contributed by atoms with Crippen LogP contribution in [0.5, 0.6) is 11.5 Å². The first-order valence-corrected chi connectivity index (χ1v) is 10.4. The highest BCUT2D eigenvalue weighted by molar-refractivity contribution is 7.91. The van der Waals surface area contributed by atoms with E-state index in [0.717, 1.165) is 5.56 Å². The van der Waals surface area contributed by atoms with Crippen LogP contribution in [0.1, 0.15) is 25.8 Å². The second-order valence-corrected chi connectivity index (χ2v) is 9.51. The zero-order chi connectivity index (χ0) is 19.5. The van der Waals surface area contributed by atoms with Gasteiger partial charge in [-0.15, -0.1) is 0 Å². The SMILES string of the molecule is COc1ccc(C(C)(C)CNC(=O)N(C)C2CCS(=O)(=O)C2)cc1OC. The Bertz CT molecular complexity index is 761. The first-order chi connectivity index (χ1) is 12.1. The summed E-state index contributed by atoms with van der Waals surface area (Å²) in [7, 11) is 1.79. The standard InChI is InChI=1S/C18H28N2O5S/c1-18(2,13-6-7-15(24-4)16(10-13)25-5)12-19-17(21)20(3)14-8-9-26(22,23)11-14/h6-7,10,14H,8-9,11-12H2,1-5H3,(H,19,21). The first-order valence-electron chi connectivity index (χ1n) is 8.53. The minimum atomic E-state index is -3.02. The van der Waals surface area contributed by atoms with Crippen LogP contribution in [0.4, 0.5) is 4.79 Å². The third-order valence-electron chi connectivity index (χ3n) is 4.92. The van der Waals surface area contributed by atoms with E-state index in [4.69, 9.17) is 9.47 Å². The largest absolute Gasteiger partial charge is 0.493 e. The maximum atomic E-state index is 12.4. The lowest BCUT2D eigenvalue weighted by molar-refractivity contribution is 0.192. The molecule has 1 unspecified atom stereocenters. The molecule has 1 atom stereocenters. The summed E-state index contributed by atoms with van der Waals surface area (Å²) in [5, 5.41) is 2.91. The van der Waals surface area contributed by atoms with E-state index in [9.17, 15) is 13.2 Å². The van der Waals surface area contributed by atoms with Crippen molar-refractivity contribution in [2.24, 2.45) is 0 Å². The van der Waals surface area contributed by atoms with Crippen molar-refractivity contribution in [3.05, 3.63) is 23.8 Å². The van der Waals surface area contributed by atoms with Crippen molar-refractivity contribution < 1.29 is 22.7 Å². The van der Waals surface area contributed by atoms with Crippen molar-refractivity contribution in [3.63, 3.8) is 0 Å². The maximum absolute atomic E-state index is 12.4. The minimum Gasteiger partial charge on any atom is -0.493 e. The average molecular weight is 384 g/mol. The molecule has 0 aromatic heterocycles. The predicted octanol–water partition coefficient (Wildman–Crippen LogP) is 1.81. The number of carbonyl (C=O) groups excluding carboxylic acids is 1. The Labute approximate surface area is 155 Å². The molecule has 1 saturated heterocycles. The lowest BCUT2D eigenvalue weighted by Gasteiger charge is -2.29. The van der Waals surface area contributed by atoms with Crippen molar-refractivity contribution in [3.8, 4) is 11.5 Å². The summed E-state index contributed by atoms with van der Waals surface area (Å²) in [5.41, 5.74) is 0.666. The molecule has 2 rings (SSSR count). The molecule has 1 N–H and O–H groups in total. The maximum Gasteiger partial charge on any atom is 0.317 e. The summed E-state index contributed by atoms with van der Waals surface area (Å²) in [6.07, 6.45) is 0.491. The van der Waals surface area contributed by atoms with Crippen LogP contribution in [0, 0.1) is 0 Å². The number of hydrogen-bond acceptors (Lipinski definition) is 5. The van der Waals surface area contributed by atoms with Gasteiger partial charge in [-0.05, 0) is 24.1 Å². The normalized spacial score (nSPS) is 19.0. The van der Waals surface area contributed by atoms with Crippen LogP contribution >= 0.6 is 0 Å². The number of urea groups is 1. The van der Waals surface area contributed by atoms with Crippen molar-refractivity contribution in [2.45, 2.75) is 31.7 Å². The van der Waals surface area contributed by atoms with E-state index in [0.29, 0.717) is 24.5 Å². The van der Waals surface area contributed by atoms with E-state index in [1.807, 2.05) is 32.0 Å². The number of benzene rings is 1. The highest BCUT2D eigenvalue weighted by Gasteiger charge is 2.33. The molecule has 1 heterocycles. The third-order valence-corrected chi connectivity index (χ3v) is 6.67. The topological polar surface area (TPSA) is 84.9 Å². The molecule has 0 saturated carbocycles. The third kappa shape index (κ3) is 4.60. The van der Waals surface area contributed by atoms with Gasteiger partial charge in [-0.25, -0.2) is 13.2 Å². The van der Waals surface area contributed by atoms with Crippen LogP contribution in [0.3, 0.4) is 0 Å². The van der Waals surface area contributed by atoms with Crippen LogP contribution in [0.15, 0.2) is 18.2 Å². The second-order valence-electron chi connectivity index (χ2n) is 7.28. The van der Waals surface area contributed by atoms with Gasteiger partial charge in [0.2, 0.25) is 0 Å². The van der Waals surface area contributed by atoms with Crippen LogP contribution in [-0.4, -0.2) is 64.7 Å². The predicted molar refractivity (Wildman–Crippen MR) is 101 cm³/mol. The first kappa shape index (κ1) is 20.4. The molecule has 0 bridgehead atoms. The zero-order valence-corrected chi connectivity index (χ0v) is 16.9. The van der Waals surface area contributed by atoms with Crippen molar-refractivity contribution in [1.29, 1.82) is 0 Å². The molecule has 2 amide bonds. The molecule has 1 fully saturated rings. The van der Waals surface area contributed by atoms with Gasteiger partial charge < -0.3 is 19.7 Å². The number of rotatable bonds is 6. The molecule has 1 aromatic carbocycles. The summed E-state index contributed by atoms with van der Waals surface area (Å²) < 4.78 is 33.8. The van der Waals surface area contributed by atoms with Gasteiger partial charge in [-0.1, -0.05) is 19.9 Å². The minimum absolute atomic E-state index is 0.0377. The summed E-state index contributed by atoms with van der Waals surface area (Å²) in [4.78, 5) is 13.9. The lowest BCUT2D eigenvalue weighted by Crippen LogP contribution is -2.47. The van der Waals surface area contributed by atoms with E-state index in [-0.39, 0.29) is 29.0 Å². The number of hydrogen-bond donors (Lipinski definition) is 1. The molecule has 8 heteroatoms. The van der Waals surface area contributed by atoms with Gasteiger partial charge in [0.05, 0.1) is 25.7 Å². The fourth-order valence-corrected chi connectivity index (χ4v) is 4.80. The van der Waals surface area contributed by atoms with Crippen molar-refractivity contribution >= 4 is 15.9 Å². The van der Waals surface area contributed by atoms with E-state index < -0.39 is 9.84 Å². The summed E-state index contributed by atoms with van der Waals surface area (Å²) in [6, 6.07) is 5.16. The molecular weight excluding hydrogens is 356 g/mol. The fraction of sp³-hybridized carbons (Fsp3) is 0.611. The van der Waals surface area contributed by atoms with E-state index >= 15 is 0 Å². The number of nitrogens with one attached hydrogen (secondary N) is 1. The molecule has 0 aliphatic carbocycles. The number of ether oxygens (including phenoxy) is 2. The summed E-state index contributed by atoms with van der Waals surface area (Å²) in [5.74, 6) is 1.47. The molecular formula is C18H28N2O5S. The molecule has 26 heavy (non-hydrogen) atoms. The number of carbonyl (C=O) groups is 1. The Balaban J connectivity index is 2.02. The number of sulfone groups is 1. The smallest absolute Gasteiger partial charge is 0.317 e. The molecule has 1 aliphatic heterocycles. The Kier molecular flexibility index (Phi) is 6.05. The van der Waals surface area contributed by atoms with Gasteiger partial charge in [0.1, 0.15) is 0 Å². The Hall–Kier alpha value is -1.96. The van der Waals surface area contributed by atoms with Gasteiger partial charge in [0.25, 0.3) is 0 Å². The van der Waals surface area contributed by atoms with Crippen LogP contribution in [0.25, 0.3) is 0 Å². The number of amides is 2.